The highest BCUT2D eigenvalue weighted by atomic mass is 19.1. The van der Waals surface area contributed by atoms with Crippen LogP contribution in [0.1, 0.15) is 63.0 Å². The van der Waals surface area contributed by atoms with Gasteiger partial charge in [0.05, 0.1) is 0 Å². The quantitative estimate of drug-likeness (QED) is 0.671. The highest BCUT2D eigenvalue weighted by Gasteiger charge is 2.42. The predicted molar refractivity (Wildman–Crippen MR) is 105 cm³/mol. The van der Waals surface area contributed by atoms with Gasteiger partial charge in [0, 0.05) is 19.1 Å². The zero-order valence-electron chi connectivity index (χ0n) is 16.1. The van der Waals surface area contributed by atoms with Gasteiger partial charge >= 0.3 is 0 Å². The molecule has 0 spiro atoms. The van der Waals surface area contributed by atoms with Crippen molar-refractivity contribution in [1.29, 1.82) is 0 Å². The van der Waals surface area contributed by atoms with Crippen molar-refractivity contribution in [3.8, 4) is 5.75 Å². The molecular formula is C23H32FNO. The summed E-state index contributed by atoms with van der Waals surface area (Å²) in [6.45, 7) is 8.35. The largest absolute Gasteiger partial charge is 0.486 e. The van der Waals surface area contributed by atoms with Gasteiger partial charge in [0.15, 0.2) is 11.6 Å². The van der Waals surface area contributed by atoms with E-state index in [1.54, 1.807) is 12.1 Å². The Morgan fingerprint density at radius 2 is 1.88 bits per heavy atom. The third kappa shape index (κ3) is 3.43. The Morgan fingerprint density at radius 1 is 1.12 bits per heavy atom. The SMILES string of the molecule is C=Cc1cc(F)c(OC2CCCCC2N2CC(C3CCC3)C2)cc1CC. The van der Waals surface area contributed by atoms with Crippen LogP contribution in [0, 0.1) is 17.7 Å². The van der Waals surface area contributed by atoms with E-state index in [0.29, 0.717) is 11.8 Å². The molecule has 1 heterocycles. The van der Waals surface area contributed by atoms with E-state index in [9.17, 15) is 4.39 Å². The molecule has 3 heteroatoms. The molecule has 1 aromatic carbocycles. The average Bonchev–Trinajstić information content (AvgIpc) is 2.58. The van der Waals surface area contributed by atoms with Crippen LogP contribution in [0.25, 0.3) is 6.08 Å². The maximum atomic E-state index is 14.6. The summed E-state index contributed by atoms with van der Waals surface area (Å²) in [5, 5.41) is 0. The molecular weight excluding hydrogens is 325 g/mol. The highest BCUT2D eigenvalue weighted by Crippen LogP contribution is 2.41. The summed E-state index contributed by atoms with van der Waals surface area (Å²) in [6, 6.07) is 3.93. The molecule has 0 radical (unpaired) electrons. The minimum Gasteiger partial charge on any atom is -0.486 e. The van der Waals surface area contributed by atoms with E-state index in [4.69, 9.17) is 4.74 Å². The normalized spacial score (nSPS) is 27.6. The maximum Gasteiger partial charge on any atom is 0.165 e. The van der Waals surface area contributed by atoms with E-state index in [2.05, 4.69) is 18.4 Å². The molecule has 2 unspecified atom stereocenters. The number of ether oxygens (including phenoxy) is 1. The van der Waals surface area contributed by atoms with Crippen molar-refractivity contribution in [3.05, 3.63) is 35.7 Å². The molecule has 0 aromatic heterocycles. The van der Waals surface area contributed by atoms with E-state index < -0.39 is 0 Å². The van der Waals surface area contributed by atoms with E-state index in [-0.39, 0.29) is 11.9 Å². The summed E-state index contributed by atoms with van der Waals surface area (Å²) in [7, 11) is 0. The van der Waals surface area contributed by atoms with Crippen LogP contribution in [-0.2, 0) is 6.42 Å². The van der Waals surface area contributed by atoms with Gasteiger partial charge in [-0.15, -0.1) is 0 Å². The second kappa shape index (κ2) is 7.72. The Morgan fingerprint density at radius 3 is 2.54 bits per heavy atom. The monoisotopic (exact) mass is 357 g/mol. The van der Waals surface area contributed by atoms with E-state index in [1.807, 2.05) is 6.07 Å². The van der Waals surface area contributed by atoms with Gasteiger partial charge < -0.3 is 4.74 Å². The lowest BCUT2D eigenvalue weighted by molar-refractivity contribution is -0.0542. The third-order valence-electron chi connectivity index (χ3n) is 6.96. The van der Waals surface area contributed by atoms with Gasteiger partial charge in [-0.1, -0.05) is 45.3 Å². The second-order valence-electron chi connectivity index (χ2n) is 8.45. The fourth-order valence-electron chi connectivity index (χ4n) is 5.02. The van der Waals surface area contributed by atoms with Crippen LogP contribution < -0.4 is 4.74 Å². The van der Waals surface area contributed by atoms with Crippen molar-refractivity contribution in [1.82, 2.24) is 4.90 Å². The smallest absolute Gasteiger partial charge is 0.165 e. The fourth-order valence-corrected chi connectivity index (χ4v) is 5.02. The lowest BCUT2D eigenvalue weighted by Crippen LogP contribution is -2.60. The first-order chi connectivity index (χ1) is 12.7. The van der Waals surface area contributed by atoms with Crippen LogP contribution >= 0.6 is 0 Å². The third-order valence-corrected chi connectivity index (χ3v) is 6.96. The molecule has 2 saturated carbocycles. The van der Waals surface area contributed by atoms with Crippen LogP contribution in [0.3, 0.4) is 0 Å². The zero-order chi connectivity index (χ0) is 18.1. The molecule has 4 rings (SSSR count). The topological polar surface area (TPSA) is 12.5 Å². The van der Waals surface area contributed by atoms with Gasteiger partial charge in [-0.05, 0) is 60.8 Å². The van der Waals surface area contributed by atoms with Gasteiger partial charge in [-0.25, -0.2) is 4.39 Å². The predicted octanol–water partition coefficient (Wildman–Crippen LogP) is 5.45. The van der Waals surface area contributed by atoms with E-state index in [1.165, 1.54) is 51.6 Å². The molecule has 3 fully saturated rings. The summed E-state index contributed by atoms with van der Waals surface area (Å²) in [6.07, 6.45) is 11.7. The number of hydrogen-bond donors (Lipinski definition) is 0. The molecule has 142 valence electrons. The fraction of sp³-hybridized carbons (Fsp3) is 0.652. The minimum atomic E-state index is -0.252. The van der Waals surface area contributed by atoms with Crippen LogP contribution in [0.2, 0.25) is 0 Å². The van der Waals surface area contributed by atoms with Gasteiger partial charge in [-0.2, -0.15) is 0 Å². The number of likely N-dealkylation sites (tertiary alicyclic amines) is 1. The summed E-state index contributed by atoms with van der Waals surface area (Å²) in [5.41, 5.74) is 1.99. The average molecular weight is 358 g/mol. The number of rotatable bonds is 6. The molecule has 2 nitrogen and oxygen atoms in total. The molecule has 2 aliphatic carbocycles. The summed E-state index contributed by atoms with van der Waals surface area (Å²) in [5.74, 6) is 2.06. The molecule has 1 saturated heterocycles. The molecule has 1 aromatic rings. The van der Waals surface area contributed by atoms with Crippen molar-refractivity contribution >= 4 is 6.08 Å². The zero-order valence-corrected chi connectivity index (χ0v) is 16.1. The number of nitrogens with zero attached hydrogens (tertiary/aromatic N) is 1. The number of benzene rings is 1. The minimum absolute atomic E-state index is 0.125. The van der Waals surface area contributed by atoms with Crippen molar-refractivity contribution in [2.24, 2.45) is 11.8 Å². The Balaban J connectivity index is 1.44. The molecule has 3 aliphatic rings. The van der Waals surface area contributed by atoms with Crippen molar-refractivity contribution in [2.45, 2.75) is 70.4 Å². The van der Waals surface area contributed by atoms with E-state index in [0.717, 1.165) is 35.8 Å². The van der Waals surface area contributed by atoms with Crippen molar-refractivity contribution in [2.75, 3.05) is 13.1 Å². The van der Waals surface area contributed by atoms with Crippen LogP contribution in [0.15, 0.2) is 18.7 Å². The van der Waals surface area contributed by atoms with Gasteiger partial charge in [0.1, 0.15) is 6.10 Å². The summed E-state index contributed by atoms with van der Waals surface area (Å²) < 4.78 is 20.9. The molecule has 0 amide bonds. The van der Waals surface area contributed by atoms with Crippen molar-refractivity contribution in [3.63, 3.8) is 0 Å². The lowest BCUT2D eigenvalue weighted by atomic mass is 9.71. The van der Waals surface area contributed by atoms with Gasteiger partial charge in [0.25, 0.3) is 0 Å². The molecule has 0 N–H and O–H groups in total. The van der Waals surface area contributed by atoms with Gasteiger partial charge in [0.2, 0.25) is 0 Å². The van der Waals surface area contributed by atoms with Crippen LogP contribution in [0.5, 0.6) is 5.75 Å². The molecule has 0 bridgehead atoms. The van der Waals surface area contributed by atoms with E-state index >= 15 is 0 Å². The Labute approximate surface area is 157 Å². The number of aryl methyl sites for hydroxylation is 1. The first-order valence-corrected chi connectivity index (χ1v) is 10.5. The van der Waals surface area contributed by atoms with Crippen molar-refractivity contribution < 1.29 is 9.13 Å². The number of halogens is 1. The lowest BCUT2D eigenvalue weighted by Gasteiger charge is -2.52. The standard InChI is InChI=1S/C23H32FNO/c1-3-16-12-20(24)23(13-17(16)4-2)26-22-11-6-5-10-21(22)25-14-19(15-25)18-8-7-9-18/h3,12-13,18-19,21-22H,1,4-11,14-15H2,2H3. The highest BCUT2D eigenvalue weighted by molar-refractivity contribution is 5.54. The molecule has 26 heavy (non-hydrogen) atoms. The Kier molecular flexibility index (Phi) is 5.35. The Hall–Kier alpha value is -1.35. The molecule has 1 aliphatic heterocycles. The Bertz CT molecular complexity index is 648. The van der Waals surface area contributed by atoms with Crippen LogP contribution in [-0.4, -0.2) is 30.1 Å². The summed E-state index contributed by atoms with van der Waals surface area (Å²) >= 11 is 0. The first-order valence-electron chi connectivity index (χ1n) is 10.5. The van der Waals surface area contributed by atoms with Gasteiger partial charge in [-0.3, -0.25) is 4.90 Å². The van der Waals surface area contributed by atoms with Crippen LogP contribution in [0.4, 0.5) is 4.39 Å². The molecule has 2 atom stereocenters. The first kappa shape index (κ1) is 18.0. The summed E-state index contributed by atoms with van der Waals surface area (Å²) in [4.78, 5) is 2.61. The second-order valence-corrected chi connectivity index (χ2v) is 8.45. The maximum absolute atomic E-state index is 14.6. The number of hydrogen-bond acceptors (Lipinski definition) is 2.